The van der Waals surface area contributed by atoms with Gasteiger partial charge in [0.05, 0.1) is 7.11 Å². The first-order valence-corrected chi connectivity index (χ1v) is 12.1. The lowest BCUT2D eigenvalue weighted by molar-refractivity contribution is -0.141. The van der Waals surface area contributed by atoms with E-state index in [2.05, 4.69) is 5.32 Å². The lowest BCUT2D eigenvalue weighted by Gasteiger charge is -2.31. The van der Waals surface area contributed by atoms with Crippen LogP contribution in [-0.4, -0.2) is 49.1 Å². The van der Waals surface area contributed by atoms with Crippen LogP contribution in [0, 0.1) is 0 Å². The average Bonchev–Trinajstić information content (AvgIpc) is 2.87. The molecule has 0 saturated carbocycles. The van der Waals surface area contributed by atoms with Crippen LogP contribution >= 0.6 is 0 Å². The van der Waals surface area contributed by atoms with Crippen molar-refractivity contribution in [2.24, 2.45) is 0 Å². The first-order chi connectivity index (χ1) is 16.4. The van der Waals surface area contributed by atoms with Gasteiger partial charge in [-0.3, -0.25) is 9.59 Å². The number of nitrogens with zero attached hydrogens (tertiary/aromatic N) is 1. The standard InChI is InChI=1S/C27H36N2O5/c1-5-19(3)28-27(31)23(6-2)29(18-21-7-11-22(32-4)12-8-21)26(30)14-10-20-9-13-24-25(17-20)34-16-15-33-24/h7-9,11-13,17,19,23H,5-6,10,14-16,18H2,1-4H3,(H,28,31)/t19-,23+/m0/s1. The minimum Gasteiger partial charge on any atom is -0.497 e. The highest BCUT2D eigenvalue weighted by Gasteiger charge is 2.29. The number of amides is 2. The molecular formula is C27H36N2O5. The van der Waals surface area contributed by atoms with Crippen LogP contribution in [0.15, 0.2) is 42.5 Å². The maximum absolute atomic E-state index is 13.5. The molecule has 3 rings (SSSR count). The first-order valence-electron chi connectivity index (χ1n) is 12.1. The van der Waals surface area contributed by atoms with E-state index in [-0.39, 0.29) is 17.9 Å². The topological polar surface area (TPSA) is 77.1 Å². The van der Waals surface area contributed by atoms with Gasteiger partial charge in [0.2, 0.25) is 11.8 Å². The van der Waals surface area contributed by atoms with Gasteiger partial charge in [-0.05, 0) is 61.6 Å². The second-order valence-corrected chi connectivity index (χ2v) is 8.59. The van der Waals surface area contributed by atoms with E-state index >= 15 is 0 Å². The monoisotopic (exact) mass is 468 g/mol. The van der Waals surface area contributed by atoms with E-state index in [1.165, 1.54) is 0 Å². The van der Waals surface area contributed by atoms with Gasteiger partial charge in [-0.15, -0.1) is 0 Å². The van der Waals surface area contributed by atoms with Crippen LogP contribution < -0.4 is 19.5 Å². The largest absolute Gasteiger partial charge is 0.497 e. The molecule has 1 aliphatic rings. The molecule has 7 heteroatoms. The van der Waals surface area contributed by atoms with Gasteiger partial charge in [-0.1, -0.05) is 32.0 Å². The van der Waals surface area contributed by atoms with E-state index in [1.54, 1.807) is 12.0 Å². The Hall–Kier alpha value is -3.22. The van der Waals surface area contributed by atoms with Crippen LogP contribution in [0.1, 0.15) is 51.2 Å². The normalized spacial score (nSPS) is 14.1. The number of carbonyl (C=O) groups excluding carboxylic acids is 2. The molecular weight excluding hydrogens is 432 g/mol. The molecule has 7 nitrogen and oxygen atoms in total. The molecule has 0 spiro atoms. The van der Waals surface area contributed by atoms with Crippen molar-refractivity contribution in [2.75, 3.05) is 20.3 Å². The summed E-state index contributed by atoms with van der Waals surface area (Å²) in [7, 11) is 1.62. The number of hydrogen-bond acceptors (Lipinski definition) is 5. The minimum absolute atomic E-state index is 0.0530. The second-order valence-electron chi connectivity index (χ2n) is 8.59. The van der Waals surface area contributed by atoms with E-state index in [0.29, 0.717) is 44.8 Å². The van der Waals surface area contributed by atoms with E-state index in [0.717, 1.165) is 29.0 Å². The van der Waals surface area contributed by atoms with Crippen molar-refractivity contribution in [3.05, 3.63) is 53.6 Å². The Morgan fingerprint density at radius 3 is 2.32 bits per heavy atom. The number of ether oxygens (including phenoxy) is 3. The molecule has 1 heterocycles. The molecule has 1 N–H and O–H groups in total. The van der Waals surface area contributed by atoms with Crippen LogP contribution in [0.5, 0.6) is 17.2 Å². The maximum Gasteiger partial charge on any atom is 0.243 e. The Labute approximate surface area is 202 Å². The molecule has 0 radical (unpaired) electrons. The third-order valence-electron chi connectivity index (χ3n) is 6.13. The molecule has 2 aromatic rings. The van der Waals surface area contributed by atoms with Gasteiger partial charge in [0.15, 0.2) is 11.5 Å². The molecule has 2 amide bonds. The zero-order chi connectivity index (χ0) is 24.5. The molecule has 0 unspecified atom stereocenters. The number of nitrogens with one attached hydrogen (secondary N) is 1. The molecule has 2 atom stereocenters. The van der Waals surface area contributed by atoms with Crippen molar-refractivity contribution >= 4 is 11.8 Å². The number of benzene rings is 2. The van der Waals surface area contributed by atoms with Crippen LogP contribution in [0.25, 0.3) is 0 Å². The summed E-state index contributed by atoms with van der Waals surface area (Å²) in [5.74, 6) is 2.03. The Balaban J connectivity index is 1.76. The fourth-order valence-electron chi connectivity index (χ4n) is 3.93. The van der Waals surface area contributed by atoms with Crippen LogP contribution in [0.2, 0.25) is 0 Å². The molecule has 0 saturated heterocycles. The SMILES string of the molecule is CC[C@H](C(=O)N[C@@H](C)CC)N(Cc1ccc(OC)cc1)C(=O)CCc1ccc2c(c1)OCCO2. The second kappa shape index (κ2) is 12.3. The average molecular weight is 469 g/mol. The van der Waals surface area contributed by atoms with Gasteiger partial charge >= 0.3 is 0 Å². The smallest absolute Gasteiger partial charge is 0.243 e. The zero-order valence-corrected chi connectivity index (χ0v) is 20.6. The Kier molecular flexibility index (Phi) is 9.19. The molecule has 0 bridgehead atoms. The Morgan fingerprint density at radius 1 is 1.00 bits per heavy atom. The predicted octanol–water partition coefficient (Wildman–Crippen LogP) is 4.12. The van der Waals surface area contributed by atoms with Crippen molar-refractivity contribution in [2.45, 2.75) is 65.1 Å². The summed E-state index contributed by atoms with van der Waals surface area (Å²) in [6.45, 7) is 7.37. The lowest BCUT2D eigenvalue weighted by Crippen LogP contribution is -2.50. The third kappa shape index (κ3) is 6.65. The molecule has 1 aliphatic heterocycles. The van der Waals surface area contributed by atoms with E-state index in [4.69, 9.17) is 14.2 Å². The van der Waals surface area contributed by atoms with Gasteiger partial charge < -0.3 is 24.4 Å². The fourth-order valence-corrected chi connectivity index (χ4v) is 3.93. The first kappa shape index (κ1) is 25.4. The number of fused-ring (bicyclic) bond motifs is 1. The highest BCUT2D eigenvalue weighted by Crippen LogP contribution is 2.31. The molecule has 2 aromatic carbocycles. The molecule has 34 heavy (non-hydrogen) atoms. The summed E-state index contributed by atoms with van der Waals surface area (Å²) in [5, 5.41) is 3.04. The lowest BCUT2D eigenvalue weighted by atomic mass is 10.0. The van der Waals surface area contributed by atoms with Crippen molar-refractivity contribution < 1.29 is 23.8 Å². The van der Waals surface area contributed by atoms with E-state index < -0.39 is 6.04 Å². The number of methoxy groups -OCH3 is 1. The van der Waals surface area contributed by atoms with Crippen LogP contribution in [0.4, 0.5) is 0 Å². The van der Waals surface area contributed by atoms with Crippen molar-refractivity contribution in [1.29, 1.82) is 0 Å². The van der Waals surface area contributed by atoms with Crippen molar-refractivity contribution in [3.8, 4) is 17.2 Å². The highest BCUT2D eigenvalue weighted by atomic mass is 16.6. The van der Waals surface area contributed by atoms with Gasteiger partial charge in [0.25, 0.3) is 0 Å². The number of hydrogen-bond donors (Lipinski definition) is 1. The quantitative estimate of drug-likeness (QED) is 0.537. The molecule has 0 aliphatic carbocycles. The molecule has 184 valence electrons. The van der Waals surface area contributed by atoms with Crippen molar-refractivity contribution in [3.63, 3.8) is 0 Å². The summed E-state index contributed by atoms with van der Waals surface area (Å²) >= 11 is 0. The van der Waals surface area contributed by atoms with Crippen molar-refractivity contribution in [1.82, 2.24) is 10.2 Å². The summed E-state index contributed by atoms with van der Waals surface area (Å²) in [4.78, 5) is 28.2. The molecule has 0 aromatic heterocycles. The Bertz CT molecular complexity index is 960. The van der Waals surface area contributed by atoms with Gasteiger partial charge in [-0.2, -0.15) is 0 Å². The predicted molar refractivity (Wildman–Crippen MR) is 131 cm³/mol. The molecule has 0 fully saturated rings. The minimum atomic E-state index is -0.538. The summed E-state index contributed by atoms with van der Waals surface area (Å²) in [6, 6.07) is 12.9. The van der Waals surface area contributed by atoms with Crippen LogP contribution in [0.3, 0.4) is 0 Å². The van der Waals surface area contributed by atoms with Gasteiger partial charge in [0, 0.05) is 19.0 Å². The maximum atomic E-state index is 13.5. The van der Waals surface area contributed by atoms with E-state index in [9.17, 15) is 9.59 Å². The Morgan fingerprint density at radius 2 is 1.68 bits per heavy atom. The van der Waals surface area contributed by atoms with Crippen LogP contribution in [-0.2, 0) is 22.6 Å². The number of aryl methyl sites for hydroxylation is 1. The fraction of sp³-hybridized carbons (Fsp3) is 0.481. The zero-order valence-electron chi connectivity index (χ0n) is 20.6. The van der Waals surface area contributed by atoms with E-state index in [1.807, 2.05) is 63.2 Å². The number of carbonyl (C=O) groups is 2. The summed E-state index contributed by atoms with van der Waals surface area (Å²) in [6.07, 6.45) is 2.22. The van der Waals surface area contributed by atoms with Gasteiger partial charge in [0.1, 0.15) is 25.0 Å². The number of rotatable bonds is 11. The third-order valence-corrected chi connectivity index (χ3v) is 6.13. The summed E-state index contributed by atoms with van der Waals surface area (Å²) in [5.41, 5.74) is 1.95. The summed E-state index contributed by atoms with van der Waals surface area (Å²) < 4.78 is 16.5. The van der Waals surface area contributed by atoms with Gasteiger partial charge in [-0.25, -0.2) is 0 Å². The highest BCUT2D eigenvalue weighted by molar-refractivity contribution is 5.88.